The van der Waals surface area contributed by atoms with Crippen LogP contribution in [0.2, 0.25) is 0 Å². The van der Waals surface area contributed by atoms with Crippen LogP contribution in [-0.4, -0.2) is 40.7 Å². The molecule has 1 N–H and O–H groups in total. The van der Waals surface area contributed by atoms with Crippen molar-refractivity contribution in [2.24, 2.45) is 0 Å². The van der Waals surface area contributed by atoms with Crippen LogP contribution in [-0.2, 0) is 9.53 Å². The highest BCUT2D eigenvalue weighted by atomic mass is 16.5. The maximum Gasteiger partial charge on any atom is 0.338 e. The van der Waals surface area contributed by atoms with E-state index in [-0.39, 0.29) is 28.6 Å². The number of carbonyl (C=O) groups is 4. The third-order valence-electron chi connectivity index (χ3n) is 4.88. The maximum absolute atomic E-state index is 12.6. The lowest BCUT2D eigenvalue weighted by Gasteiger charge is -2.20. The summed E-state index contributed by atoms with van der Waals surface area (Å²) in [6.45, 7) is 5.14. The van der Waals surface area contributed by atoms with Gasteiger partial charge in [0.25, 0.3) is 17.7 Å². The van der Waals surface area contributed by atoms with Gasteiger partial charge in [0.1, 0.15) is 0 Å². The molecule has 0 spiro atoms. The Kier molecular flexibility index (Phi) is 5.77. The second kappa shape index (κ2) is 8.26. The Morgan fingerprint density at radius 2 is 1.66 bits per heavy atom. The van der Waals surface area contributed by atoms with Crippen molar-refractivity contribution in [3.05, 3.63) is 65.2 Å². The molecular weight excluding hydrogens is 372 g/mol. The number of fused-ring (bicyclic) bond motifs is 1. The minimum Gasteiger partial charge on any atom is -0.449 e. The topological polar surface area (TPSA) is 92.8 Å². The van der Waals surface area contributed by atoms with Crippen molar-refractivity contribution in [2.45, 2.75) is 39.3 Å². The summed E-state index contributed by atoms with van der Waals surface area (Å²) in [6, 6.07) is 12.8. The molecule has 2 atom stereocenters. The van der Waals surface area contributed by atoms with E-state index in [0.29, 0.717) is 12.1 Å². The van der Waals surface area contributed by atoms with Crippen LogP contribution >= 0.6 is 0 Å². The summed E-state index contributed by atoms with van der Waals surface area (Å²) in [5.41, 5.74) is 1.13. The first-order chi connectivity index (χ1) is 13.8. The molecule has 1 heterocycles. The van der Waals surface area contributed by atoms with Crippen LogP contribution in [0.25, 0.3) is 0 Å². The number of para-hydroxylation sites is 1. The van der Waals surface area contributed by atoms with Gasteiger partial charge in [0, 0.05) is 11.7 Å². The lowest BCUT2D eigenvalue weighted by Crippen LogP contribution is -2.37. The SMILES string of the molecule is CCC(C)N1C(=O)c2ccc(C(=O)OC(C)C(=O)Nc3ccccc3)cc2C1=O. The number of ether oxygens (including phenoxy) is 1. The third-order valence-corrected chi connectivity index (χ3v) is 4.88. The molecule has 0 aromatic heterocycles. The van der Waals surface area contributed by atoms with Crippen molar-refractivity contribution in [2.75, 3.05) is 5.32 Å². The van der Waals surface area contributed by atoms with Gasteiger partial charge in [0.15, 0.2) is 6.10 Å². The van der Waals surface area contributed by atoms with Gasteiger partial charge in [0.2, 0.25) is 0 Å². The second-order valence-corrected chi connectivity index (χ2v) is 6.90. The summed E-state index contributed by atoms with van der Waals surface area (Å²) in [5.74, 6) is -2.01. The van der Waals surface area contributed by atoms with Crippen LogP contribution in [0.1, 0.15) is 58.3 Å². The number of benzene rings is 2. The highest BCUT2D eigenvalue weighted by molar-refractivity contribution is 6.22. The smallest absolute Gasteiger partial charge is 0.338 e. The van der Waals surface area contributed by atoms with Crippen LogP contribution < -0.4 is 5.32 Å². The van der Waals surface area contributed by atoms with Crippen molar-refractivity contribution in [1.82, 2.24) is 4.90 Å². The fourth-order valence-corrected chi connectivity index (χ4v) is 3.02. The summed E-state index contributed by atoms with van der Waals surface area (Å²) in [7, 11) is 0. The highest BCUT2D eigenvalue weighted by Gasteiger charge is 2.38. The maximum atomic E-state index is 12.6. The van der Waals surface area contributed by atoms with Gasteiger partial charge >= 0.3 is 5.97 Å². The number of rotatable bonds is 6. The van der Waals surface area contributed by atoms with Gasteiger partial charge < -0.3 is 10.1 Å². The van der Waals surface area contributed by atoms with Crippen molar-refractivity contribution in [3.8, 4) is 0 Å². The lowest BCUT2D eigenvalue weighted by molar-refractivity contribution is -0.123. The van der Waals surface area contributed by atoms with E-state index in [1.54, 1.807) is 31.2 Å². The van der Waals surface area contributed by atoms with E-state index in [0.717, 1.165) is 0 Å². The molecule has 0 radical (unpaired) electrons. The summed E-state index contributed by atoms with van der Waals surface area (Å²) >= 11 is 0. The molecule has 0 bridgehead atoms. The van der Waals surface area contributed by atoms with Gasteiger partial charge in [0.05, 0.1) is 16.7 Å². The predicted molar refractivity (Wildman–Crippen MR) is 107 cm³/mol. The fraction of sp³-hybridized carbons (Fsp3) is 0.273. The quantitative estimate of drug-likeness (QED) is 0.600. The zero-order valence-electron chi connectivity index (χ0n) is 16.5. The normalized spacial score (nSPS) is 14.9. The Balaban J connectivity index is 1.72. The summed E-state index contributed by atoms with van der Waals surface area (Å²) in [4.78, 5) is 51.0. The average Bonchev–Trinajstić information content (AvgIpc) is 2.98. The van der Waals surface area contributed by atoms with E-state index in [2.05, 4.69) is 5.32 Å². The molecule has 2 aromatic rings. The van der Waals surface area contributed by atoms with Crippen LogP contribution in [0.4, 0.5) is 5.69 Å². The first-order valence-corrected chi connectivity index (χ1v) is 9.42. The van der Waals surface area contributed by atoms with Gasteiger partial charge in [-0.1, -0.05) is 25.1 Å². The van der Waals surface area contributed by atoms with Gasteiger partial charge in [-0.15, -0.1) is 0 Å². The fourth-order valence-electron chi connectivity index (χ4n) is 3.02. The first kappa shape index (κ1) is 20.3. The standard InChI is InChI=1S/C22H22N2O5/c1-4-13(2)24-20(26)17-11-10-15(12-18(17)21(24)27)22(28)29-14(3)19(25)23-16-8-6-5-7-9-16/h5-14H,4H2,1-3H3,(H,23,25). The van der Waals surface area contributed by atoms with Crippen molar-refractivity contribution < 1.29 is 23.9 Å². The summed E-state index contributed by atoms with van der Waals surface area (Å²) in [6.07, 6.45) is -0.404. The Morgan fingerprint density at radius 3 is 2.31 bits per heavy atom. The molecule has 29 heavy (non-hydrogen) atoms. The number of carbonyl (C=O) groups excluding carboxylic acids is 4. The number of hydrogen-bond acceptors (Lipinski definition) is 5. The molecule has 0 saturated heterocycles. The molecule has 7 heteroatoms. The monoisotopic (exact) mass is 394 g/mol. The molecule has 3 amide bonds. The molecule has 2 aromatic carbocycles. The Labute approximate surface area is 168 Å². The zero-order chi connectivity index (χ0) is 21.1. The van der Waals surface area contributed by atoms with Crippen LogP contribution in [0.5, 0.6) is 0 Å². The van der Waals surface area contributed by atoms with Crippen molar-refractivity contribution in [1.29, 1.82) is 0 Å². The van der Waals surface area contributed by atoms with Gasteiger partial charge in [-0.2, -0.15) is 0 Å². The Hall–Kier alpha value is -3.48. The molecule has 7 nitrogen and oxygen atoms in total. The van der Waals surface area contributed by atoms with E-state index in [1.807, 2.05) is 13.0 Å². The Bertz CT molecular complexity index is 970. The van der Waals surface area contributed by atoms with Gasteiger partial charge in [-0.3, -0.25) is 19.3 Å². The summed E-state index contributed by atoms with van der Waals surface area (Å²) in [5, 5.41) is 2.66. The second-order valence-electron chi connectivity index (χ2n) is 6.90. The lowest BCUT2D eigenvalue weighted by atomic mass is 10.1. The Morgan fingerprint density at radius 1 is 1.00 bits per heavy atom. The molecule has 1 aliphatic rings. The molecule has 1 aliphatic heterocycles. The van der Waals surface area contributed by atoms with E-state index < -0.39 is 23.9 Å². The molecule has 0 fully saturated rings. The summed E-state index contributed by atoms with van der Waals surface area (Å²) < 4.78 is 5.23. The van der Waals surface area contributed by atoms with E-state index in [9.17, 15) is 19.2 Å². The number of nitrogens with zero attached hydrogens (tertiary/aromatic N) is 1. The van der Waals surface area contributed by atoms with Gasteiger partial charge in [-0.05, 0) is 50.6 Å². The van der Waals surface area contributed by atoms with E-state index >= 15 is 0 Å². The minimum atomic E-state index is -1.04. The van der Waals surface area contributed by atoms with Crippen molar-refractivity contribution in [3.63, 3.8) is 0 Å². The first-order valence-electron chi connectivity index (χ1n) is 9.42. The average molecular weight is 394 g/mol. The number of anilines is 1. The molecule has 2 unspecified atom stereocenters. The number of nitrogens with one attached hydrogen (secondary N) is 1. The van der Waals surface area contributed by atoms with Crippen molar-refractivity contribution >= 4 is 29.4 Å². The molecule has 0 saturated carbocycles. The number of hydrogen-bond donors (Lipinski definition) is 1. The van der Waals surface area contributed by atoms with Crippen LogP contribution in [0.3, 0.4) is 0 Å². The molecule has 3 rings (SSSR count). The van der Waals surface area contributed by atoms with E-state index in [1.165, 1.54) is 30.0 Å². The number of imide groups is 1. The number of amides is 3. The van der Waals surface area contributed by atoms with Gasteiger partial charge in [-0.25, -0.2) is 4.79 Å². The largest absolute Gasteiger partial charge is 0.449 e. The minimum absolute atomic E-state index is 0.107. The molecule has 150 valence electrons. The molecular formula is C22H22N2O5. The number of esters is 1. The van der Waals surface area contributed by atoms with E-state index in [4.69, 9.17) is 4.74 Å². The zero-order valence-corrected chi connectivity index (χ0v) is 16.5. The van der Waals surface area contributed by atoms with Crippen LogP contribution in [0.15, 0.2) is 48.5 Å². The molecule has 0 aliphatic carbocycles. The predicted octanol–water partition coefficient (Wildman–Crippen LogP) is 3.27. The third kappa shape index (κ3) is 4.03. The highest BCUT2D eigenvalue weighted by Crippen LogP contribution is 2.27. The van der Waals surface area contributed by atoms with Crippen LogP contribution in [0, 0.1) is 0 Å².